The SMILES string of the molecule is O=[N+]([O-])c1ccc(F)cc1CSc1ncc[nH]1. The van der Waals surface area contributed by atoms with Gasteiger partial charge in [-0.3, -0.25) is 10.1 Å². The summed E-state index contributed by atoms with van der Waals surface area (Å²) in [5.74, 6) is -0.188. The summed E-state index contributed by atoms with van der Waals surface area (Å²) in [7, 11) is 0. The van der Waals surface area contributed by atoms with Crippen LogP contribution in [-0.4, -0.2) is 14.9 Å². The van der Waals surface area contributed by atoms with Crippen molar-refractivity contribution in [3.8, 4) is 0 Å². The number of rotatable bonds is 4. The van der Waals surface area contributed by atoms with Gasteiger partial charge in [-0.2, -0.15) is 0 Å². The lowest BCUT2D eigenvalue weighted by atomic mass is 10.2. The van der Waals surface area contributed by atoms with Crippen molar-refractivity contribution in [2.45, 2.75) is 10.9 Å². The van der Waals surface area contributed by atoms with Crippen molar-refractivity contribution in [1.29, 1.82) is 0 Å². The Morgan fingerprint density at radius 2 is 2.35 bits per heavy atom. The van der Waals surface area contributed by atoms with Crippen LogP contribution in [0.25, 0.3) is 0 Å². The molecule has 1 aromatic heterocycles. The Kier molecular flexibility index (Phi) is 3.38. The zero-order valence-electron chi connectivity index (χ0n) is 8.59. The fourth-order valence-corrected chi connectivity index (χ4v) is 2.13. The lowest BCUT2D eigenvalue weighted by Gasteiger charge is -2.01. The zero-order chi connectivity index (χ0) is 12.3. The number of thioether (sulfide) groups is 1. The van der Waals surface area contributed by atoms with Gasteiger partial charge in [0.05, 0.1) is 4.92 Å². The van der Waals surface area contributed by atoms with Gasteiger partial charge in [0.15, 0.2) is 5.16 Å². The van der Waals surface area contributed by atoms with E-state index in [1.54, 1.807) is 12.4 Å². The third-order valence-electron chi connectivity index (χ3n) is 2.08. The molecule has 1 N–H and O–H groups in total. The second-order valence-corrected chi connectivity index (χ2v) is 4.18. The van der Waals surface area contributed by atoms with Crippen molar-refractivity contribution in [3.63, 3.8) is 0 Å². The zero-order valence-corrected chi connectivity index (χ0v) is 9.41. The number of hydrogen-bond acceptors (Lipinski definition) is 4. The van der Waals surface area contributed by atoms with E-state index in [1.807, 2.05) is 0 Å². The number of nitrogens with one attached hydrogen (secondary N) is 1. The number of nitrogens with zero attached hydrogens (tertiary/aromatic N) is 2. The number of nitro benzene ring substituents is 1. The second kappa shape index (κ2) is 4.96. The average Bonchev–Trinajstić information content (AvgIpc) is 2.78. The molecular weight excluding hydrogens is 245 g/mol. The Balaban J connectivity index is 2.19. The molecule has 7 heteroatoms. The summed E-state index contributed by atoms with van der Waals surface area (Å²) in [5, 5.41) is 11.4. The Morgan fingerprint density at radius 1 is 1.53 bits per heavy atom. The third-order valence-corrected chi connectivity index (χ3v) is 3.03. The molecule has 0 amide bonds. The van der Waals surface area contributed by atoms with E-state index in [4.69, 9.17) is 0 Å². The van der Waals surface area contributed by atoms with E-state index in [1.165, 1.54) is 23.9 Å². The summed E-state index contributed by atoms with van der Waals surface area (Å²) in [5.41, 5.74) is 0.266. The topological polar surface area (TPSA) is 71.8 Å². The molecule has 2 aromatic rings. The molecule has 0 atom stereocenters. The summed E-state index contributed by atoms with van der Waals surface area (Å²) >= 11 is 1.28. The first-order valence-corrected chi connectivity index (χ1v) is 5.70. The van der Waals surface area contributed by atoms with Gasteiger partial charge >= 0.3 is 0 Å². The Labute approximate surface area is 100 Å². The quantitative estimate of drug-likeness (QED) is 0.516. The molecule has 0 aliphatic carbocycles. The highest BCUT2D eigenvalue weighted by Gasteiger charge is 2.14. The fourth-order valence-electron chi connectivity index (χ4n) is 1.32. The maximum Gasteiger partial charge on any atom is 0.273 e. The van der Waals surface area contributed by atoms with E-state index < -0.39 is 10.7 Å². The van der Waals surface area contributed by atoms with E-state index in [9.17, 15) is 14.5 Å². The summed E-state index contributed by atoms with van der Waals surface area (Å²) in [6.45, 7) is 0. The van der Waals surface area contributed by atoms with Crippen LogP contribution in [0, 0.1) is 15.9 Å². The number of benzene rings is 1. The number of hydrogen-bond donors (Lipinski definition) is 1. The van der Waals surface area contributed by atoms with Crippen molar-refractivity contribution >= 4 is 17.4 Å². The lowest BCUT2D eigenvalue weighted by Crippen LogP contribution is -1.95. The predicted molar refractivity (Wildman–Crippen MR) is 61.2 cm³/mol. The molecule has 2 rings (SSSR count). The van der Waals surface area contributed by atoms with Gasteiger partial charge in [0.25, 0.3) is 5.69 Å². The van der Waals surface area contributed by atoms with Crippen molar-refractivity contribution in [2.24, 2.45) is 0 Å². The summed E-state index contributed by atoms with van der Waals surface area (Å²) in [6, 6.07) is 3.43. The van der Waals surface area contributed by atoms with Crippen molar-refractivity contribution in [2.75, 3.05) is 0 Å². The van der Waals surface area contributed by atoms with E-state index >= 15 is 0 Å². The molecule has 5 nitrogen and oxygen atoms in total. The van der Waals surface area contributed by atoms with Crippen LogP contribution in [0.5, 0.6) is 0 Å². The van der Waals surface area contributed by atoms with Gasteiger partial charge in [0, 0.05) is 29.8 Å². The van der Waals surface area contributed by atoms with Crippen molar-refractivity contribution in [1.82, 2.24) is 9.97 Å². The van der Waals surface area contributed by atoms with E-state index in [-0.39, 0.29) is 5.69 Å². The third kappa shape index (κ3) is 2.82. The molecule has 1 aromatic carbocycles. The van der Waals surface area contributed by atoms with Crippen molar-refractivity contribution < 1.29 is 9.31 Å². The molecule has 88 valence electrons. The molecule has 17 heavy (non-hydrogen) atoms. The van der Waals surface area contributed by atoms with Gasteiger partial charge in [-0.15, -0.1) is 0 Å². The highest BCUT2D eigenvalue weighted by molar-refractivity contribution is 7.98. The minimum Gasteiger partial charge on any atom is -0.340 e. The van der Waals surface area contributed by atoms with Gasteiger partial charge in [0.2, 0.25) is 0 Å². The van der Waals surface area contributed by atoms with Gasteiger partial charge in [-0.25, -0.2) is 9.37 Å². The highest BCUT2D eigenvalue weighted by atomic mass is 32.2. The van der Waals surface area contributed by atoms with Crippen LogP contribution in [0.3, 0.4) is 0 Å². The molecule has 0 saturated heterocycles. The molecule has 0 unspecified atom stereocenters. The van der Waals surface area contributed by atoms with Crippen LogP contribution >= 0.6 is 11.8 Å². The van der Waals surface area contributed by atoms with Gasteiger partial charge in [-0.1, -0.05) is 11.8 Å². The van der Waals surface area contributed by atoms with Crippen LogP contribution in [0.4, 0.5) is 10.1 Å². The standard InChI is InChI=1S/C10H8FN3O2S/c11-8-1-2-9(14(15)16)7(5-8)6-17-10-12-3-4-13-10/h1-5H,6H2,(H,12,13). The average molecular weight is 253 g/mol. The number of aromatic nitrogens is 2. The van der Waals surface area contributed by atoms with Crippen molar-refractivity contribution in [3.05, 3.63) is 52.1 Å². The summed E-state index contributed by atoms with van der Waals surface area (Å²) < 4.78 is 13.0. The number of imidazole rings is 1. The maximum absolute atomic E-state index is 13.0. The molecule has 0 aliphatic rings. The molecule has 1 heterocycles. The molecule has 0 saturated carbocycles. The fraction of sp³-hybridized carbons (Fsp3) is 0.100. The van der Waals surface area contributed by atoms with Crippen LogP contribution in [0.15, 0.2) is 35.7 Å². The van der Waals surface area contributed by atoms with Crippen LogP contribution in [-0.2, 0) is 5.75 Å². The van der Waals surface area contributed by atoms with Crippen LogP contribution in [0.2, 0.25) is 0 Å². The normalized spacial score (nSPS) is 10.4. The first kappa shape index (κ1) is 11.6. The van der Waals surface area contributed by atoms with E-state index in [2.05, 4.69) is 9.97 Å². The first-order valence-electron chi connectivity index (χ1n) is 4.72. The molecule has 0 aliphatic heterocycles. The summed E-state index contributed by atoms with van der Waals surface area (Å²) in [4.78, 5) is 17.1. The Morgan fingerprint density at radius 3 is 3.00 bits per heavy atom. The number of H-pyrrole nitrogens is 1. The van der Waals surface area contributed by atoms with Crippen LogP contribution in [0.1, 0.15) is 5.56 Å². The number of nitro groups is 1. The van der Waals surface area contributed by atoms with Crippen LogP contribution < -0.4 is 0 Å². The predicted octanol–water partition coefficient (Wildman–Crippen LogP) is 2.75. The van der Waals surface area contributed by atoms with E-state index in [0.717, 1.165) is 6.07 Å². The Bertz CT molecular complexity index is 530. The molecule has 0 bridgehead atoms. The lowest BCUT2D eigenvalue weighted by molar-refractivity contribution is -0.385. The smallest absolute Gasteiger partial charge is 0.273 e. The molecule has 0 fully saturated rings. The Hall–Kier alpha value is -1.89. The number of aromatic amines is 1. The van der Waals surface area contributed by atoms with Gasteiger partial charge in [-0.05, 0) is 12.1 Å². The monoisotopic (exact) mass is 253 g/mol. The minimum atomic E-state index is -0.516. The maximum atomic E-state index is 13.0. The molecule has 0 radical (unpaired) electrons. The summed E-state index contributed by atoms with van der Waals surface area (Å²) in [6.07, 6.45) is 3.24. The minimum absolute atomic E-state index is 0.0783. The number of halogens is 1. The first-order chi connectivity index (χ1) is 8.16. The van der Waals surface area contributed by atoms with Gasteiger partial charge in [0.1, 0.15) is 5.82 Å². The van der Waals surface area contributed by atoms with E-state index in [0.29, 0.717) is 16.5 Å². The largest absolute Gasteiger partial charge is 0.340 e. The second-order valence-electron chi connectivity index (χ2n) is 3.21. The highest BCUT2D eigenvalue weighted by Crippen LogP contribution is 2.26. The van der Waals surface area contributed by atoms with Gasteiger partial charge < -0.3 is 4.98 Å². The molecule has 0 spiro atoms. The molecular formula is C10H8FN3O2S.